The lowest BCUT2D eigenvalue weighted by molar-refractivity contribution is -0.115. The molecule has 0 aliphatic carbocycles. The second-order valence-corrected chi connectivity index (χ2v) is 6.71. The van der Waals surface area contributed by atoms with Crippen LogP contribution in [-0.2, 0) is 11.2 Å². The Labute approximate surface area is 139 Å². The lowest BCUT2D eigenvalue weighted by atomic mass is 10.2. The Bertz CT molecular complexity index is 885. The van der Waals surface area contributed by atoms with Crippen LogP contribution >= 0.6 is 22.7 Å². The molecule has 3 rings (SSSR count). The van der Waals surface area contributed by atoms with Crippen LogP contribution in [0.3, 0.4) is 0 Å². The van der Waals surface area contributed by atoms with Crippen molar-refractivity contribution < 1.29 is 19.4 Å². The number of hydrogen-bond acceptors (Lipinski definition) is 6. The molecule has 0 atom stereocenters. The van der Waals surface area contributed by atoms with E-state index in [4.69, 9.17) is 9.84 Å². The Morgan fingerprint density at radius 3 is 2.87 bits per heavy atom. The molecule has 0 unspecified atom stereocenters. The summed E-state index contributed by atoms with van der Waals surface area (Å²) in [6.45, 7) is 0. The highest BCUT2D eigenvalue weighted by Gasteiger charge is 2.12. The summed E-state index contributed by atoms with van der Waals surface area (Å²) in [5, 5.41) is 13.7. The Kier molecular flexibility index (Phi) is 4.26. The summed E-state index contributed by atoms with van der Waals surface area (Å²) in [4.78, 5) is 27.9. The topological polar surface area (TPSA) is 88.5 Å². The highest BCUT2D eigenvalue weighted by atomic mass is 32.1. The highest BCUT2D eigenvalue weighted by molar-refractivity contribution is 7.22. The van der Waals surface area contributed by atoms with E-state index in [1.165, 1.54) is 34.1 Å². The van der Waals surface area contributed by atoms with Crippen LogP contribution in [-0.4, -0.2) is 29.1 Å². The highest BCUT2D eigenvalue weighted by Crippen LogP contribution is 2.29. The average molecular weight is 348 g/mol. The van der Waals surface area contributed by atoms with Gasteiger partial charge in [0.15, 0.2) is 5.13 Å². The van der Waals surface area contributed by atoms with Gasteiger partial charge in [-0.2, -0.15) is 0 Å². The number of aromatic carboxylic acids is 1. The van der Waals surface area contributed by atoms with Crippen molar-refractivity contribution in [1.29, 1.82) is 0 Å². The van der Waals surface area contributed by atoms with Crippen molar-refractivity contribution in [3.05, 3.63) is 40.1 Å². The number of thiophene rings is 1. The van der Waals surface area contributed by atoms with E-state index in [1.807, 2.05) is 18.2 Å². The number of aromatic nitrogens is 1. The van der Waals surface area contributed by atoms with E-state index in [0.717, 1.165) is 16.0 Å². The van der Waals surface area contributed by atoms with Crippen LogP contribution in [0, 0.1) is 0 Å². The van der Waals surface area contributed by atoms with Crippen molar-refractivity contribution in [3.8, 4) is 5.75 Å². The van der Waals surface area contributed by atoms with Crippen LogP contribution in [0.15, 0.2) is 29.6 Å². The summed E-state index contributed by atoms with van der Waals surface area (Å²) < 4.78 is 6.08. The number of carbonyl (C=O) groups excluding carboxylic acids is 1. The number of benzene rings is 1. The summed E-state index contributed by atoms with van der Waals surface area (Å²) in [6.07, 6.45) is 0.122. The number of nitrogens with one attached hydrogen (secondary N) is 1. The summed E-state index contributed by atoms with van der Waals surface area (Å²) >= 11 is 2.61. The first-order valence-corrected chi connectivity index (χ1v) is 8.30. The Morgan fingerprint density at radius 2 is 2.17 bits per heavy atom. The maximum atomic E-state index is 12.1. The summed E-state index contributed by atoms with van der Waals surface area (Å²) in [5.41, 5.74) is 0.986. The second kappa shape index (κ2) is 6.35. The largest absolute Gasteiger partial charge is 0.497 e. The number of rotatable bonds is 5. The molecule has 1 amide bonds. The number of ether oxygens (including phenoxy) is 1. The van der Waals surface area contributed by atoms with E-state index in [2.05, 4.69) is 10.3 Å². The molecule has 0 saturated heterocycles. The van der Waals surface area contributed by atoms with E-state index < -0.39 is 5.97 Å². The van der Waals surface area contributed by atoms with Gasteiger partial charge in [0.25, 0.3) is 0 Å². The molecule has 2 N–H and O–H groups in total. The lowest BCUT2D eigenvalue weighted by Gasteiger charge is -1.98. The number of anilines is 1. The molecule has 1 aromatic carbocycles. The van der Waals surface area contributed by atoms with E-state index in [0.29, 0.717) is 10.0 Å². The molecule has 0 aliphatic rings. The summed E-state index contributed by atoms with van der Waals surface area (Å²) in [6, 6.07) is 7.02. The van der Waals surface area contributed by atoms with Crippen molar-refractivity contribution in [2.24, 2.45) is 0 Å². The minimum absolute atomic E-state index is 0.122. The second-order valence-electron chi connectivity index (χ2n) is 4.68. The van der Waals surface area contributed by atoms with Crippen LogP contribution in [0.1, 0.15) is 15.2 Å². The van der Waals surface area contributed by atoms with Crippen LogP contribution in [0.2, 0.25) is 0 Å². The predicted octanol–water partition coefficient (Wildman–Crippen LogP) is 3.25. The fourth-order valence-electron chi connectivity index (χ4n) is 1.99. The zero-order chi connectivity index (χ0) is 16.4. The molecule has 8 heteroatoms. The molecule has 2 heterocycles. The number of carboxylic acid groups (broad SMARTS) is 1. The van der Waals surface area contributed by atoms with Gasteiger partial charge in [0.05, 0.1) is 29.3 Å². The van der Waals surface area contributed by atoms with Gasteiger partial charge in [-0.25, -0.2) is 9.78 Å². The van der Waals surface area contributed by atoms with Crippen LogP contribution < -0.4 is 10.1 Å². The SMILES string of the molecule is COc1ccc2nc(NC(=O)Cc3cc(C(=O)O)cs3)sc2c1. The lowest BCUT2D eigenvalue weighted by Crippen LogP contribution is -2.13. The zero-order valence-electron chi connectivity index (χ0n) is 12.0. The standard InChI is InChI=1S/C15H12N2O4S2/c1-21-9-2-3-11-12(5-9)23-15(16-11)17-13(18)6-10-4-8(7-22-10)14(19)20/h2-5,7H,6H2,1H3,(H,19,20)(H,16,17,18). The summed E-state index contributed by atoms with van der Waals surface area (Å²) in [7, 11) is 1.59. The predicted molar refractivity (Wildman–Crippen MR) is 89.8 cm³/mol. The van der Waals surface area contributed by atoms with Gasteiger partial charge in [0.2, 0.25) is 5.91 Å². The van der Waals surface area contributed by atoms with Gasteiger partial charge in [-0.05, 0) is 24.3 Å². The molecule has 0 radical (unpaired) electrons. The van der Waals surface area contributed by atoms with Crippen molar-refractivity contribution in [2.75, 3.05) is 12.4 Å². The molecule has 2 aromatic heterocycles. The molecule has 0 fully saturated rings. The van der Waals surface area contributed by atoms with Gasteiger partial charge in [0.1, 0.15) is 5.75 Å². The normalized spacial score (nSPS) is 10.7. The Morgan fingerprint density at radius 1 is 1.35 bits per heavy atom. The van der Waals surface area contributed by atoms with E-state index in [-0.39, 0.29) is 17.9 Å². The molecule has 0 spiro atoms. The van der Waals surface area contributed by atoms with Crippen LogP contribution in [0.4, 0.5) is 5.13 Å². The number of fused-ring (bicyclic) bond motifs is 1. The molecular formula is C15H12N2O4S2. The molecule has 23 heavy (non-hydrogen) atoms. The third kappa shape index (κ3) is 3.49. The van der Waals surface area contributed by atoms with Gasteiger partial charge in [0, 0.05) is 10.3 Å². The van der Waals surface area contributed by atoms with Gasteiger partial charge >= 0.3 is 5.97 Å². The summed E-state index contributed by atoms with van der Waals surface area (Å²) in [5.74, 6) is -0.485. The number of nitrogens with zero attached hydrogens (tertiary/aromatic N) is 1. The van der Waals surface area contributed by atoms with Gasteiger partial charge in [-0.15, -0.1) is 11.3 Å². The zero-order valence-corrected chi connectivity index (χ0v) is 13.7. The number of thiazole rings is 1. The van der Waals surface area contributed by atoms with Crippen molar-refractivity contribution in [2.45, 2.75) is 6.42 Å². The first kappa shape index (κ1) is 15.4. The monoisotopic (exact) mass is 348 g/mol. The fraction of sp³-hybridized carbons (Fsp3) is 0.133. The molecule has 0 saturated carbocycles. The number of carboxylic acids is 1. The van der Waals surface area contributed by atoms with Crippen molar-refractivity contribution >= 4 is 49.9 Å². The third-order valence-electron chi connectivity index (χ3n) is 3.08. The number of amides is 1. The minimum atomic E-state index is -0.993. The molecule has 6 nitrogen and oxygen atoms in total. The maximum Gasteiger partial charge on any atom is 0.336 e. The average Bonchev–Trinajstić information content (AvgIpc) is 3.12. The van der Waals surface area contributed by atoms with E-state index in [9.17, 15) is 9.59 Å². The molecule has 0 aliphatic heterocycles. The number of hydrogen-bond donors (Lipinski definition) is 2. The van der Waals surface area contributed by atoms with Gasteiger partial charge in [-0.1, -0.05) is 11.3 Å². The molecular weight excluding hydrogens is 336 g/mol. The van der Waals surface area contributed by atoms with Crippen LogP contribution in [0.25, 0.3) is 10.2 Å². The smallest absolute Gasteiger partial charge is 0.336 e. The number of carbonyl (C=O) groups is 2. The maximum absolute atomic E-state index is 12.1. The Hall–Kier alpha value is -2.45. The quantitative estimate of drug-likeness (QED) is 0.739. The third-order valence-corrected chi connectivity index (χ3v) is 4.95. The molecule has 118 valence electrons. The first-order chi connectivity index (χ1) is 11.0. The molecule has 3 aromatic rings. The van der Waals surface area contributed by atoms with E-state index >= 15 is 0 Å². The van der Waals surface area contributed by atoms with Crippen molar-refractivity contribution in [3.63, 3.8) is 0 Å². The van der Waals surface area contributed by atoms with Gasteiger partial charge in [-0.3, -0.25) is 4.79 Å². The molecule has 0 bridgehead atoms. The first-order valence-electron chi connectivity index (χ1n) is 6.60. The minimum Gasteiger partial charge on any atom is -0.497 e. The number of methoxy groups -OCH3 is 1. The Balaban J connectivity index is 1.70. The van der Waals surface area contributed by atoms with Gasteiger partial charge < -0.3 is 15.2 Å². The van der Waals surface area contributed by atoms with E-state index in [1.54, 1.807) is 7.11 Å². The van der Waals surface area contributed by atoms with Crippen molar-refractivity contribution in [1.82, 2.24) is 4.98 Å². The van der Waals surface area contributed by atoms with Crippen LogP contribution in [0.5, 0.6) is 5.75 Å². The fourth-order valence-corrected chi connectivity index (χ4v) is 3.76.